The zero-order valence-electron chi connectivity index (χ0n) is 5.55. The molecule has 0 radical (unpaired) electrons. The number of nitrogens with two attached hydrogens (primary N) is 1. The molecule has 1 aromatic heterocycles. The highest BCUT2D eigenvalue weighted by atomic mass is 35.5. The second kappa shape index (κ2) is 4.49. The van der Waals surface area contributed by atoms with Gasteiger partial charge in [0.1, 0.15) is 0 Å². The minimum atomic E-state index is -0.551. The van der Waals surface area contributed by atoms with E-state index in [0.717, 1.165) is 0 Å². The quantitative estimate of drug-likeness (QED) is 0.696. The van der Waals surface area contributed by atoms with Gasteiger partial charge in [0.05, 0.1) is 5.02 Å². The fraction of sp³-hybridized carbons (Fsp3) is 0.167. The topological polar surface area (TPSA) is 38.9 Å². The molecule has 0 saturated carbocycles. The predicted molar refractivity (Wildman–Crippen MR) is 44.3 cm³/mol. The Labute approximate surface area is 75.0 Å². The first kappa shape index (κ1) is 10.6. The number of hydrogen-bond acceptors (Lipinski definition) is 2. The first-order valence-corrected chi connectivity index (χ1v) is 3.12. The fourth-order valence-corrected chi connectivity index (χ4v) is 0.788. The van der Waals surface area contributed by atoms with Gasteiger partial charge >= 0.3 is 0 Å². The number of hydrogen-bond donors (Lipinski definition) is 1. The summed E-state index contributed by atoms with van der Waals surface area (Å²) >= 11 is 5.59. The van der Waals surface area contributed by atoms with Gasteiger partial charge in [0.25, 0.3) is 0 Å². The van der Waals surface area contributed by atoms with E-state index in [0.29, 0.717) is 10.6 Å². The Hall–Kier alpha value is -0.380. The molecule has 0 saturated heterocycles. The van der Waals surface area contributed by atoms with Gasteiger partial charge in [0.2, 0.25) is 5.95 Å². The molecule has 0 aliphatic carbocycles. The maximum absolute atomic E-state index is 12.3. The molecule has 1 rings (SSSR count). The summed E-state index contributed by atoms with van der Waals surface area (Å²) in [6.45, 7) is 0.234. The van der Waals surface area contributed by atoms with Gasteiger partial charge < -0.3 is 5.73 Å². The van der Waals surface area contributed by atoms with Crippen LogP contribution in [0.1, 0.15) is 5.56 Å². The first-order chi connectivity index (χ1) is 4.74. The Morgan fingerprint density at radius 2 is 2.27 bits per heavy atom. The monoisotopic (exact) mass is 196 g/mol. The Bertz CT molecular complexity index is 242. The van der Waals surface area contributed by atoms with Crippen LogP contribution in [0, 0.1) is 5.95 Å². The maximum atomic E-state index is 12.3. The van der Waals surface area contributed by atoms with E-state index in [1.807, 2.05) is 0 Å². The SMILES string of the molecule is Cl.NCc1cc(F)ncc1Cl. The summed E-state index contributed by atoms with van der Waals surface area (Å²) in [4.78, 5) is 3.33. The van der Waals surface area contributed by atoms with E-state index < -0.39 is 5.95 Å². The Balaban J connectivity index is 0.000001000. The van der Waals surface area contributed by atoms with Crippen molar-refractivity contribution in [3.05, 3.63) is 28.8 Å². The third kappa shape index (κ3) is 2.61. The van der Waals surface area contributed by atoms with Crippen LogP contribution in [-0.4, -0.2) is 4.98 Å². The van der Waals surface area contributed by atoms with Gasteiger partial charge in [0.15, 0.2) is 0 Å². The van der Waals surface area contributed by atoms with Crippen LogP contribution in [0.3, 0.4) is 0 Å². The molecule has 0 bridgehead atoms. The highest BCUT2D eigenvalue weighted by molar-refractivity contribution is 6.31. The van der Waals surface area contributed by atoms with Crippen molar-refractivity contribution in [2.24, 2.45) is 5.73 Å². The van der Waals surface area contributed by atoms with Crippen molar-refractivity contribution in [3.8, 4) is 0 Å². The lowest BCUT2D eigenvalue weighted by Crippen LogP contribution is -1.98. The van der Waals surface area contributed by atoms with Crippen molar-refractivity contribution >= 4 is 24.0 Å². The molecular weight excluding hydrogens is 190 g/mol. The van der Waals surface area contributed by atoms with E-state index in [4.69, 9.17) is 17.3 Å². The van der Waals surface area contributed by atoms with E-state index in [9.17, 15) is 4.39 Å². The van der Waals surface area contributed by atoms with Gasteiger partial charge in [-0.15, -0.1) is 12.4 Å². The molecule has 0 atom stereocenters. The van der Waals surface area contributed by atoms with Crippen molar-refractivity contribution in [1.82, 2.24) is 4.98 Å². The van der Waals surface area contributed by atoms with Gasteiger partial charge in [-0.05, 0) is 11.6 Å². The van der Waals surface area contributed by atoms with Gasteiger partial charge in [-0.3, -0.25) is 0 Å². The van der Waals surface area contributed by atoms with Crippen molar-refractivity contribution in [3.63, 3.8) is 0 Å². The van der Waals surface area contributed by atoms with Crippen LogP contribution in [0.15, 0.2) is 12.3 Å². The summed E-state index contributed by atoms with van der Waals surface area (Å²) < 4.78 is 12.3. The average molecular weight is 197 g/mol. The Morgan fingerprint density at radius 1 is 1.64 bits per heavy atom. The lowest BCUT2D eigenvalue weighted by Gasteiger charge is -1.97. The molecule has 62 valence electrons. The smallest absolute Gasteiger partial charge is 0.213 e. The number of aromatic nitrogens is 1. The highest BCUT2D eigenvalue weighted by Crippen LogP contribution is 2.13. The summed E-state index contributed by atoms with van der Waals surface area (Å²) in [6.07, 6.45) is 1.25. The summed E-state index contributed by atoms with van der Waals surface area (Å²) in [7, 11) is 0. The van der Waals surface area contributed by atoms with Gasteiger partial charge in [-0.2, -0.15) is 4.39 Å². The number of pyridine rings is 1. The molecule has 2 nitrogen and oxygen atoms in total. The number of halogens is 3. The molecule has 11 heavy (non-hydrogen) atoms. The lowest BCUT2D eigenvalue weighted by molar-refractivity contribution is 0.581. The zero-order valence-corrected chi connectivity index (χ0v) is 7.12. The van der Waals surface area contributed by atoms with E-state index in [1.54, 1.807) is 0 Å². The molecule has 2 N–H and O–H groups in total. The standard InChI is InChI=1S/C6H6ClFN2.ClH/c7-5-3-10-6(8)1-4(5)2-9;/h1,3H,2,9H2;1H. The van der Waals surface area contributed by atoms with Crippen LogP contribution in [0.5, 0.6) is 0 Å². The summed E-state index contributed by atoms with van der Waals surface area (Å²) in [6, 6.07) is 1.22. The second-order valence-corrected chi connectivity index (χ2v) is 2.21. The first-order valence-electron chi connectivity index (χ1n) is 2.74. The zero-order chi connectivity index (χ0) is 7.56. The minimum Gasteiger partial charge on any atom is -0.326 e. The molecular formula is C6H7Cl2FN2. The van der Waals surface area contributed by atoms with Crippen molar-refractivity contribution in [2.75, 3.05) is 0 Å². The molecule has 5 heteroatoms. The number of rotatable bonds is 1. The fourth-order valence-electron chi connectivity index (χ4n) is 0.608. The average Bonchev–Trinajstić information content (AvgIpc) is 1.94. The molecule has 0 spiro atoms. The van der Waals surface area contributed by atoms with Crippen LogP contribution < -0.4 is 5.73 Å². The molecule has 1 aromatic rings. The van der Waals surface area contributed by atoms with Crippen molar-refractivity contribution in [2.45, 2.75) is 6.54 Å². The molecule has 0 aliphatic rings. The van der Waals surface area contributed by atoms with Crippen LogP contribution in [0.4, 0.5) is 4.39 Å². The molecule has 0 fully saturated rings. The van der Waals surface area contributed by atoms with E-state index in [1.165, 1.54) is 12.3 Å². The molecule has 1 heterocycles. The lowest BCUT2D eigenvalue weighted by atomic mass is 10.3. The summed E-state index contributed by atoms with van der Waals surface area (Å²) in [5.74, 6) is -0.551. The highest BCUT2D eigenvalue weighted by Gasteiger charge is 1.99. The second-order valence-electron chi connectivity index (χ2n) is 1.80. The van der Waals surface area contributed by atoms with E-state index in [2.05, 4.69) is 4.98 Å². The third-order valence-corrected chi connectivity index (χ3v) is 1.46. The summed E-state index contributed by atoms with van der Waals surface area (Å²) in [5.41, 5.74) is 5.82. The molecule has 0 aromatic carbocycles. The van der Waals surface area contributed by atoms with Crippen molar-refractivity contribution in [1.29, 1.82) is 0 Å². The van der Waals surface area contributed by atoms with Gasteiger partial charge in [-0.1, -0.05) is 11.6 Å². The Kier molecular flexibility index (Phi) is 4.33. The molecule has 0 unspecified atom stereocenters. The molecule has 0 aliphatic heterocycles. The van der Waals surface area contributed by atoms with Crippen LogP contribution >= 0.6 is 24.0 Å². The van der Waals surface area contributed by atoms with E-state index >= 15 is 0 Å². The minimum absolute atomic E-state index is 0. The van der Waals surface area contributed by atoms with Crippen LogP contribution in [0.2, 0.25) is 5.02 Å². The Morgan fingerprint density at radius 3 is 2.73 bits per heavy atom. The maximum Gasteiger partial charge on any atom is 0.213 e. The normalized spacial score (nSPS) is 9.00. The van der Waals surface area contributed by atoms with Crippen molar-refractivity contribution < 1.29 is 4.39 Å². The van der Waals surface area contributed by atoms with Crippen LogP contribution in [0.25, 0.3) is 0 Å². The van der Waals surface area contributed by atoms with E-state index in [-0.39, 0.29) is 19.0 Å². The number of nitrogens with zero attached hydrogens (tertiary/aromatic N) is 1. The summed E-state index contributed by atoms with van der Waals surface area (Å²) in [5, 5.41) is 0.406. The van der Waals surface area contributed by atoms with Gasteiger partial charge in [-0.25, -0.2) is 4.98 Å². The predicted octanol–water partition coefficient (Wildman–Crippen LogP) is 1.75. The largest absolute Gasteiger partial charge is 0.326 e. The molecule has 0 amide bonds. The van der Waals surface area contributed by atoms with Gasteiger partial charge in [0, 0.05) is 12.7 Å². The van der Waals surface area contributed by atoms with Crippen LogP contribution in [-0.2, 0) is 6.54 Å². The third-order valence-electron chi connectivity index (χ3n) is 1.12.